The van der Waals surface area contributed by atoms with Crippen LogP contribution in [-0.4, -0.2) is 40.4 Å². The number of hydrogen-bond acceptors (Lipinski definition) is 7. The van der Waals surface area contributed by atoms with Crippen molar-refractivity contribution >= 4 is 34.1 Å². The highest BCUT2D eigenvalue weighted by Gasteiger charge is 2.14. The molecule has 0 aliphatic heterocycles. The minimum Gasteiger partial charge on any atom is -0.497 e. The number of thiazole rings is 1. The van der Waals surface area contributed by atoms with E-state index >= 15 is 0 Å². The average molecular weight is 467 g/mol. The lowest BCUT2D eigenvalue weighted by atomic mass is 10.1. The molecule has 4 rings (SSSR count). The number of amides is 1. The van der Waals surface area contributed by atoms with Gasteiger partial charge in [0, 0.05) is 29.4 Å². The molecule has 4 aromatic rings. The van der Waals surface area contributed by atoms with Gasteiger partial charge in [-0.05, 0) is 30.7 Å². The maximum absolute atomic E-state index is 12.5. The van der Waals surface area contributed by atoms with Gasteiger partial charge in [-0.15, -0.1) is 11.3 Å². The Morgan fingerprint density at radius 1 is 1.19 bits per heavy atom. The van der Waals surface area contributed by atoms with Gasteiger partial charge in [-0.2, -0.15) is 0 Å². The van der Waals surface area contributed by atoms with Crippen LogP contribution in [0.2, 0.25) is 0 Å². The molecule has 1 N–H and O–H groups in total. The molecular formula is C23H22N4O3S2. The van der Waals surface area contributed by atoms with Crippen LogP contribution in [-0.2, 0) is 4.79 Å². The fraction of sp³-hybridized carbons (Fsp3) is 0.174. The number of anilines is 1. The molecule has 1 amide bonds. The summed E-state index contributed by atoms with van der Waals surface area (Å²) in [6, 6.07) is 13.6. The molecule has 32 heavy (non-hydrogen) atoms. The zero-order valence-electron chi connectivity index (χ0n) is 17.9. The molecule has 2 aromatic carbocycles. The molecule has 7 nitrogen and oxygen atoms in total. The van der Waals surface area contributed by atoms with Crippen molar-refractivity contribution in [1.29, 1.82) is 0 Å². The number of nitrogens with zero attached hydrogens (tertiary/aromatic N) is 3. The molecule has 0 radical (unpaired) electrons. The maximum atomic E-state index is 12.5. The summed E-state index contributed by atoms with van der Waals surface area (Å²) in [4.78, 5) is 21.5. The summed E-state index contributed by atoms with van der Waals surface area (Å²) >= 11 is 2.75. The van der Waals surface area contributed by atoms with Crippen molar-refractivity contribution in [3.8, 4) is 28.4 Å². The monoisotopic (exact) mass is 466 g/mol. The minimum absolute atomic E-state index is 0.142. The van der Waals surface area contributed by atoms with E-state index in [2.05, 4.69) is 15.3 Å². The Bertz CT molecular complexity index is 1240. The SMILES string of the molecule is COc1ccc(-c2csc(NC(=O)CSc3nccn3-c3ccccc3C)n2)c(OC)c1. The van der Waals surface area contributed by atoms with E-state index in [1.807, 2.05) is 59.5 Å². The van der Waals surface area contributed by atoms with Gasteiger partial charge in [0.15, 0.2) is 10.3 Å². The van der Waals surface area contributed by atoms with E-state index in [9.17, 15) is 4.79 Å². The van der Waals surface area contributed by atoms with Gasteiger partial charge in [0.05, 0.1) is 31.4 Å². The molecule has 0 fully saturated rings. The second kappa shape index (κ2) is 9.88. The standard InChI is InChI=1S/C23H22N4O3S2/c1-15-6-4-5-7-19(15)27-11-10-24-23(27)32-14-21(28)26-22-25-18(13-31-22)17-9-8-16(29-2)12-20(17)30-3/h4-13H,14H2,1-3H3,(H,25,26,28). The van der Waals surface area contributed by atoms with E-state index in [0.29, 0.717) is 16.6 Å². The van der Waals surface area contributed by atoms with Crippen molar-refractivity contribution in [1.82, 2.24) is 14.5 Å². The first-order valence-electron chi connectivity index (χ1n) is 9.79. The first kappa shape index (κ1) is 21.9. The number of carbonyl (C=O) groups is 1. The van der Waals surface area contributed by atoms with Crippen LogP contribution in [0.4, 0.5) is 5.13 Å². The highest BCUT2D eigenvalue weighted by atomic mass is 32.2. The summed E-state index contributed by atoms with van der Waals surface area (Å²) in [6.45, 7) is 2.05. The third-order valence-electron chi connectivity index (χ3n) is 4.75. The number of ether oxygens (including phenoxy) is 2. The molecule has 164 valence electrons. The number of para-hydroxylation sites is 1. The Morgan fingerprint density at radius 2 is 2.03 bits per heavy atom. The van der Waals surface area contributed by atoms with Crippen molar-refractivity contribution in [2.24, 2.45) is 0 Å². The van der Waals surface area contributed by atoms with Crippen LogP contribution in [0.1, 0.15) is 5.56 Å². The fourth-order valence-electron chi connectivity index (χ4n) is 3.16. The van der Waals surface area contributed by atoms with Gasteiger partial charge >= 0.3 is 0 Å². The molecule has 0 aliphatic rings. The number of rotatable bonds is 8. The van der Waals surface area contributed by atoms with Crippen molar-refractivity contribution in [3.05, 3.63) is 65.8 Å². The summed E-state index contributed by atoms with van der Waals surface area (Å²) in [6.07, 6.45) is 3.64. The molecule has 0 atom stereocenters. The summed E-state index contributed by atoms with van der Waals surface area (Å²) in [7, 11) is 3.21. The predicted octanol–water partition coefficient (Wildman–Crippen LogP) is 5.05. The molecule has 9 heteroatoms. The first-order valence-corrected chi connectivity index (χ1v) is 11.7. The number of aromatic nitrogens is 3. The fourth-order valence-corrected chi connectivity index (χ4v) is 4.66. The Kier molecular flexibility index (Phi) is 6.77. The van der Waals surface area contributed by atoms with Crippen molar-refractivity contribution in [2.75, 3.05) is 25.3 Å². The summed E-state index contributed by atoms with van der Waals surface area (Å²) in [5, 5.41) is 6.05. The zero-order chi connectivity index (χ0) is 22.5. The highest BCUT2D eigenvalue weighted by molar-refractivity contribution is 7.99. The van der Waals surface area contributed by atoms with E-state index in [-0.39, 0.29) is 11.7 Å². The maximum Gasteiger partial charge on any atom is 0.236 e. The topological polar surface area (TPSA) is 78.3 Å². The minimum atomic E-state index is -0.142. The van der Waals surface area contributed by atoms with Gasteiger partial charge in [0.25, 0.3) is 0 Å². The van der Waals surface area contributed by atoms with Gasteiger partial charge in [-0.1, -0.05) is 30.0 Å². The van der Waals surface area contributed by atoms with E-state index in [1.165, 1.54) is 23.1 Å². The third-order valence-corrected chi connectivity index (χ3v) is 6.47. The van der Waals surface area contributed by atoms with Gasteiger partial charge in [-0.25, -0.2) is 9.97 Å². The number of benzene rings is 2. The van der Waals surface area contributed by atoms with Crippen LogP contribution < -0.4 is 14.8 Å². The Labute approximate surface area is 194 Å². The number of hydrogen-bond donors (Lipinski definition) is 1. The smallest absolute Gasteiger partial charge is 0.236 e. The van der Waals surface area contributed by atoms with E-state index < -0.39 is 0 Å². The summed E-state index contributed by atoms with van der Waals surface area (Å²) < 4.78 is 12.7. The lowest BCUT2D eigenvalue weighted by Gasteiger charge is -2.10. The quantitative estimate of drug-likeness (QED) is 0.366. The van der Waals surface area contributed by atoms with Crippen LogP contribution in [0.15, 0.2) is 65.4 Å². The normalized spacial score (nSPS) is 10.7. The van der Waals surface area contributed by atoms with Gasteiger partial charge in [0.2, 0.25) is 5.91 Å². The number of thioether (sulfide) groups is 1. The molecule has 0 saturated carbocycles. The number of carbonyl (C=O) groups excluding carboxylic acids is 1. The zero-order valence-corrected chi connectivity index (χ0v) is 19.5. The van der Waals surface area contributed by atoms with Gasteiger partial charge in [0.1, 0.15) is 11.5 Å². The number of imidazole rings is 1. The third kappa shape index (κ3) is 4.79. The Morgan fingerprint density at radius 3 is 2.81 bits per heavy atom. The van der Waals surface area contributed by atoms with E-state index in [1.54, 1.807) is 26.5 Å². The second-order valence-corrected chi connectivity index (χ2v) is 8.61. The molecule has 0 aliphatic carbocycles. The lowest BCUT2D eigenvalue weighted by Crippen LogP contribution is -2.14. The van der Waals surface area contributed by atoms with Crippen molar-refractivity contribution in [3.63, 3.8) is 0 Å². The number of methoxy groups -OCH3 is 2. The lowest BCUT2D eigenvalue weighted by molar-refractivity contribution is -0.113. The largest absolute Gasteiger partial charge is 0.497 e. The van der Waals surface area contributed by atoms with E-state index in [0.717, 1.165) is 27.7 Å². The van der Waals surface area contributed by atoms with Crippen LogP contribution in [0, 0.1) is 6.92 Å². The number of aryl methyl sites for hydroxylation is 1. The van der Waals surface area contributed by atoms with Crippen LogP contribution >= 0.6 is 23.1 Å². The van der Waals surface area contributed by atoms with Gasteiger partial charge < -0.3 is 14.8 Å². The first-order chi connectivity index (χ1) is 15.6. The van der Waals surface area contributed by atoms with Crippen LogP contribution in [0.25, 0.3) is 16.9 Å². The molecule has 2 heterocycles. The highest BCUT2D eigenvalue weighted by Crippen LogP contribution is 2.35. The molecule has 0 bridgehead atoms. The van der Waals surface area contributed by atoms with Crippen LogP contribution in [0.3, 0.4) is 0 Å². The molecule has 0 saturated heterocycles. The second-order valence-electron chi connectivity index (χ2n) is 6.81. The predicted molar refractivity (Wildman–Crippen MR) is 128 cm³/mol. The molecule has 0 spiro atoms. The van der Waals surface area contributed by atoms with Gasteiger partial charge in [-0.3, -0.25) is 9.36 Å². The van der Waals surface area contributed by atoms with Crippen molar-refractivity contribution in [2.45, 2.75) is 12.1 Å². The Hall–Kier alpha value is -3.30. The van der Waals surface area contributed by atoms with Crippen LogP contribution in [0.5, 0.6) is 11.5 Å². The van der Waals surface area contributed by atoms with Crippen molar-refractivity contribution < 1.29 is 14.3 Å². The number of nitrogens with one attached hydrogen (secondary N) is 1. The average Bonchev–Trinajstić information content (AvgIpc) is 3.47. The van der Waals surface area contributed by atoms with E-state index in [4.69, 9.17) is 9.47 Å². The Balaban J connectivity index is 1.41. The molecular weight excluding hydrogens is 444 g/mol. The summed E-state index contributed by atoms with van der Waals surface area (Å²) in [5.74, 6) is 1.45. The molecule has 0 unspecified atom stereocenters. The summed E-state index contributed by atoms with van der Waals surface area (Å²) in [5.41, 5.74) is 3.75. The molecule has 2 aromatic heterocycles.